The maximum absolute atomic E-state index is 14.2. The Bertz CT molecular complexity index is 1000. The molecule has 0 spiro atoms. The standard InChI is InChI=1S/C20H21F13O3S/c1-2-3-4-5-6-14(37(34,35)36)11-12-7-9-13(10-8-12)15(21,22)16(23,24)17(25,26)18(27,28)19(29,30)20(31,32)33/h7-10,14H,2-6,11H2,1H3,(H,34,35,36). The Kier molecular flexibility index (Phi) is 9.68. The van der Waals surface area contributed by atoms with Crippen molar-refractivity contribution < 1.29 is 70.0 Å². The van der Waals surface area contributed by atoms with Crippen LogP contribution in [0, 0.1) is 0 Å². The van der Waals surface area contributed by atoms with Crippen LogP contribution in [-0.2, 0) is 22.5 Å². The van der Waals surface area contributed by atoms with Gasteiger partial charge < -0.3 is 0 Å². The van der Waals surface area contributed by atoms with E-state index in [2.05, 4.69) is 0 Å². The van der Waals surface area contributed by atoms with Crippen LogP contribution in [0.3, 0.4) is 0 Å². The minimum Gasteiger partial charge on any atom is -0.285 e. The maximum Gasteiger partial charge on any atom is 0.460 e. The van der Waals surface area contributed by atoms with Crippen molar-refractivity contribution in [2.45, 2.75) is 86.5 Å². The molecule has 1 rings (SSSR count). The summed E-state index contributed by atoms with van der Waals surface area (Å²) in [7, 11) is -4.69. The Morgan fingerprint density at radius 1 is 0.703 bits per heavy atom. The third-order valence-corrected chi connectivity index (χ3v) is 6.76. The van der Waals surface area contributed by atoms with Crippen LogP contribution in [0.15, 0.2) is 24.3 Å². The second kappa shape index (κ2) is 10.8. The molecule has 37 heavy (non-hydrogen) atoms. The molecule has 0 aliphatic carbocycles. The molecular weight excluding hydrogens is 567 g/mol. The Morgan fingerprint density at radius 2 is 1.16 bits per heavy atom. The predicted molar refractivity (Wildman–Crippen MR) is 104 cm³/mol. The van der Waals surface area contributed by atoms with E-state index in [1.807, 2.05) is 6.92 Å². The van der Waals surface area contributed by atoms with Gasteiger partial charge in [0.2, 0.25) is 0 Å². The lowest BCUT2D eigenvalue weighted by Gasteiger charge is -2.39. The summed E-state index contributed by atoms with van der Waals surface area (Å²) in [4.78, 5) is 0. The van der Waals surface area contributed by atoms with Crippen LogP contribution in [0.5, 0.6) is 0 Å². The van der Waals surface area contributed by atoms with Gasteiger partial charge in [-0.25, -0.2) is 0 Å². The molecule has 0 saturated carbocycles. The van der Waals surface area contributed by atoms with Crippen molar-refractivity contribution in [3.63, 3.8) is 0 Å². The normalized spacial score (nSPS) is 15.6. The first-order valence-corrected chi connectivity index (χ1v) is 11.9. The number of halogens is 13. The van der Waals surface area contributed by atoms with Crippen molar-refractivity contribution in [1.29, 1.82) is 0 Å². The van der Waals surface area contributed by atoms with Gasteiger partial charge in [0.25, 0.3) is 10.1 Å². The van der Waals surface area contributed by atoms with Crippen LogP contribution in [0.1, 0.15) is 50.2 Å². The molecule has 0 heterocycles. The fourth-order valence-corrected chi connectivity index (χ4v) is 4.09. The minimum absolute atomic E-state index is 0.0441. The molecule has 0 amide bonds. The number of hydrogen-bond acceptors (Lipinski definition) is 2. The largest absolute Gasteiger partial charge is 0.460 e. The van der Waals surface area contributed by atoms with E-state index >= 15 is 0 Å². The summed E-state index contributed by atoms with van der Waals surface area (Å²) < 4.78 is 205. The van der Waals surface area contributed by atoms with Gasteiger partial charge in [0, 0.05) is 5.56 Å². The molecule has 1 unspecified atom stereocenters. The van der Waals surface area contributed by atoms with Gasteiger partial charge in [0.15, 0.2) is 0 Å². The summed E-state index contributed by atoms with van der Waals surface area (Å²) in [6, 6.07) is 0.892. The number of unbranched alkanes of at least 4 members (excludes halogenated alkanes) is 3. The zero-order valence-corrected chi connectivity index (χ0v) is 19.5. The van der Waals surface area contributed by atoms with E-state index in [-0.39, 0.29) is 24.1 Å². The van der Waals surface area contributed by atoms with Crippen molar-refractivity contribution in [2.24, 2.45) is 0 Å². The van der Waals surface area contributed by atoms with Crippen LogP contribution < -0.4 is 0 Å². The summed E-state index contributed by atoms with van der Waals surface area (Å²) in [5.41, 5.74) is -2.39. The first-order valence-electron chi connectivity index (χ1n) is 10.4. The van der Waals surface area contributed by atoms with Gasteiger partial charge >= 0.3 is 35.8 Å². The molecule has 0 aliphatic heterocycles. The topological polar surface area (TPSA) is 54.4 Å². The molecule has 0 saturated heterocycles. The monoisotopic (exact) mass is 588 g/mol. The Morgan fingerprint density at radius 3 is 1.57 bits per heavy atom. The molecule has 1 aromatic carbocycles. The fraction of sp³-hybridized carbons (Fsp3) is 0.700. The summed E-state index contributed by atoms with van der Waals surface area (Å²) in [5, 5.41) is -1.48. The van der Waals surface area contributed by atoms with E-state index in [1.165, 1.54) is 0 Å². The van der Waals surface area contributed by atoms with E-state index in [9.17, 15) is 70.0 Å². The van der Waals surface area contributed by atoms with E-state index in [4.69, 9.17) is 0 Å². The quantitative estimate of drug-likeness (QED) is 0.146. The molecular formula is C20H21F13O3S. The van der Waals surface area contributed by atoms with Crippen LogP contribution >= 0.6 is 0 Å². The average Bonchev–Trinajstić information content (AvgIpc) is 2.74. The summed E-state index contributed by atoms with van der Waals surface area (Å²) >= 11 is 0. The Labute approximate surface area is 202 Å². The zero-order valence-electron chi connectivity index (χ0n) is 18.7. The molecule has 17 heteroatoms. The van der Waals surface area contributed by atoms with Crippen LogP contribution in [-0.4, -0.2) is 48.1 Å². The van der Waals surface area contributed by atoms with Crippen LogP contribution in [0.2, 0.25) is 0 Å². The number of rotatable bonds is 13. The van der Waals surface area contributed by atoms with Gasteiger partial charge in [-0.05, 0) is 18.4 Å². The minimum atomic E-state index is -7.99. The van der Waals surface area contributed by atoms with Crippen LogP contribution in [0.25, 0.3) is 0 Å². The third kappa shape index (κ3) is 6.28. The summed E-state index contributed by atoms with van der Waals surface area (Å²) in [6.45, 7) is 1.85. The summed E-state index contributed by atoms with van der Waals surface area (Å²) in [5.74, 6) is -37.6. The third-order valence-electron chi connectivity index (χ3n) is 5.51. The lowest BCUT2D eigenvalue weighted by molar-refractivity contribution is -0.441. The SMILES string of the molecule is CCCCCCC(Cc1ccc(C(F)(F)C(F)(F)C(F)(F)C(F)(F)C(F)(F)C(F)(F)F)cc1)S(=O)(=O)O. The molecule has 1 atom stereocenters. The second-order valence-electron chi connectivity index (χ2n) is 8.26. The number of alkyl halides is 13. The first kappa shape index (κ1) is 33.2. The van der Waals surface area contributed by atoms with E-state index in [0.29, 0.717) is 25.0 Å². The van der Waals surface area contributed by atoms with Crippen molar-refractivity contribution in [3.8, 4) is 0 Å². The Balaban J connectivity index is 3.32. The van der Waals surface area contributed by atoms with Gasteiger partial charge in [-0.3, -0.25) is 4.55 Å². The van der Waals surface area contributed by atoms with Crippen molar-refractivity contribution in [3.05, 3.63) is 35.4 Å². The lowest BCUT2D eigenvalue weighted by Crippen LogP contribution is -2.69. The zero-order chi connectivity index (χ0) is 29.3. The van der Waals surface area contributed by atoms with Crippen molar-refractivity contribution in [1.82, 2.24) is 0 Å². The van der Waals surface area contributed by atoms with Crippen molar-refractivity contribution in [2.75, 3.05) is 0 Å². The van der Waals surface area contributed by atoms with Gasteiger partial charge in [0.05, 0.1) is 5.25 Å². The highest BCUT2D eigenvalue weighted by Gasteiger charge is 2.90. The van der Waals surface area contributed by atoms with E-state index in [1.54, 1.807) is 0 Å². The average molecular weight is 588 g/mol. The highest BCUT2D eigenvalue weighted by Crippen LogP contribution is 2.62. The van der Waals surface area contributed by atoms with Gasteiger partial charge in [0.1, 0.15) is 0 Å². The first-order chi connectivity index (χ1) is 16.4. The smallest absolute Gasteiger partial charge is 0.285 e. The van der Waals surface area contributed by atoms with Crippen LogP contribution in [0.4, 0.5) is 57.1 Å². The predicted octanol–water partition coefficient (Wildman–Crippen LogP) is 7.65. The molecule has 0 aromatic heterocycles. The maximum atomic E-state index is 14.2. The number of benzene rings is 1. The molecule has 0 fully saturated rings. The molecule has 0 aliphatic rings. The molecule has 216 valence electrons. The molecule has 1 aromatic rings. The molecule has 0 radical (unpaired) electrons. The van der Waals surface area contributed by atoms with Gasteiger partial charge in [-0.1, -0.05) is 56.9 Å². The van der Waals surface area contributed by atoms with Crippen molar-refractivity contribution >= 4 is 10.1 Å². The molecule has 3 nitrogen and oxygen atoms in total. The highest BCUT2D eigenvalue weighted by atomic mass is 32.2. The fourth-order valence-electron chi connectivity index (χ4n) is 3.22. The summed E-state index contributed by atoms with van der Waals surface area (Å²) in [6.07, 6.45) is -5.80. The van der Waals surface area contributed by atoms with E-state index in [0.717, 1.165) is 12.8 Å². The molecule has 1 N–H and O–H groups in total. The van der Waals surface area contributed by atoms with E-state index < -0.39 is 63.1 Å². The number of hydrogen-bond donors (Lipinski definition) is 1. The van der Waals surface area contributed by atoms with Gasteiger partial charge in [-0.15, -0.1) is 0 Å². The lowest BCUT2D eigenvalue weighted by atomic mass is 9.90. The Hall–Kier alpha value is -1.78. The highest BCUT2D eigenvalue weighted by molar-refractivity contribution is 7.86. The molecule has 0 bridgehead atoms. The van der Waals surface area contributed by atoms with Gasteiger partial charge in [-0.2, -0.15) is 65.5 Å². The second-order valence-corrected chi connectivity index (χ2v) is 9.95.